The SMILES string of the molecule is CC(C)C1(C)CN=C2c3ncc(C4OCCO4)cc3CN21. The summed E-state index contributed by atoms with van der Waals surface area (Å²) < 4.78 is 11.1. The number of nitrogens with zero attached hydrogens (tertiary/aromatic N) is 3. The van der Waals surface area contributed by atoms with Crippen molar-refractivity contribution in [3.63, 3.8) is 0 Å². The maximum absolute atomic E-state index is 5.57. The van der Waals surface area contributed by atoms with E-state index < -0.39 is 0 Å². The van der Waals surface area contributed by atoms with Gasteiger partial charge in [0.15, 0.2) is 12.1 Å². The number of hydrogen-bond donors (Lipinski definition) is 0. The number of fused-ring (bicyclic) bond motifs is 3. The van der Waals surface area contributed by atoms with Gasteiger partial charge in [0.1, 0.15) is 5.69 Å². The first-order valence-electron chi connectivity index (χ1n) is 7.64. The molecule has 1 unspecified atom stereocenters. The summed E-state index contributed by atoms with van der Waals surface area (Å²) in [6, 6.07) is 2.17. The van der Waals surface area contributed by atoms with Crippen molar-refractivity contribution in [1.82, 2.24) is 9.88 Å². The summed E-state index contributed by atoms with van der Waals surface area (Å²) in [5.41, 5.74) is 3.37. The number of pyridine rings is 1. The summed E-state index contributed by atoms with van der Waals surface area (Å²) in [6.07, 6.45) is 1.61. The van der Waals surface area contributed by atoms with E-state index in [0.717, 1.165) is 30.2 Å². The van der Waals surface area contributed by atoms with E-state index in [-0.39, 0.29) is 11.8 Å². The highest BCUT2D eigenvalue weighted by Crippen LogP contribution is 2.38. The van der Waals surface area contributed by atoms with E-state index in [1.165, 1.54) is 5.56 Å². The minimum Gasteiger partial charge on any atom is -0.346 e. The quantitative estimate of drug-likeness (QED) is 0.836. The molecule has 0 aliphatic carbocycles. The van der Waals surface area contributed by atoms with E-state index in [1.54, 1.807) is 0 Å². The molecule has 4 heterocycles. The summed E-state index contributed by atoms with van der Waals surface area (Å²) >= 11 is 0. The van der Waals surface area contributed by atoms with Crippen molar-refractivity contribution in [3.05, 3.63) is 29.1 Å². The lowest BCUT2D eigenvalue weighted by Crippen LogP contribution is -2.48. The molecule has 112 valence electrons. The molecule has 0 aromatic carbocycles. The van der Waals surface area contributed by atoms with E-state index in [0.29, 0.717) is 19.1 Å². The molecule has 3 aliphatic heterocycles. The molecule has 5 nitrogen and oxygen atoms in total. The Labute approximate surface area is 125 Å². The molecule has 0 saturated carbocycles. The molecule has 5 heteroatoms. The highest BCUT2D eigenvalue weighted by Gasteiger charge is 2.46. The van der Waals surface area contributed by atoms with Crippen LogP contribution in [-0.2, 0) is 16.0 Å². The number of aromatic nitrogens is 1. The molecule has 0 radical (unpaired) electrons. The van der Waals surface area contributed by atoms with E-state index in [2.05, 4.69) is 36.7 Å². The minimum absolute atomic E-state index is 0.0938. The number of amidine groups is 1. The number of aliphatic imine (C=N–C) groups is 1. The summed E-state index contributed by atoms with van der Waals surface area (Å²) in [4.78, 5) is 11.8. The fourth-order valence-corrected chi connectivity index (χ4v) is 3.30. The smallest absolute Gasteiger partial charge is 0.185 e. The standard InChI is InChI=1S/C16H21N3O2/c1-10(2)16(3)9-18-14-13-12(8-19(14)16)6-11(7-17-13)15-20-4-5-21-15/h6-7,10,15H,4-5,8-9H2,1-3H3. The second-order valence-corrected chi connectivity index (χ2v) is 6.59. The Kier molecular flexibility index (Phi) is 2.84. The van der Waals surface area contributed by atoms with Gasteiger partial charge in [-0.15, -0.1) is 0 Å². The molecule has 0 N–H and O–H groups in total. The van der Waals surface area contributed by atoms with Gasteiger partial charge in [-0.1, -0.05) is 13.8 Å². The Morgan fingerprint density at radius 2 is 2.10 bits per heavy atom. The van der Waals surface area contributed by atoms with Crippen LogP contribution in [-0.4, -0.2) is 41.0 Å². The summed E-state index contributed by atoms with van der Waals surface area (Å²) in [5.74, 6) is 1.61. The third-order valence-electron chi connectivity index (χ3n) is 5.09. The average Bonchev–Trinajstić information content (AvgIpc) is 3.16. The molecule has 1 aromatic rings. The van der Waals surface area contributed by atoms with Gasteiger partial charge in [0.25, 0.3) is 0 Å². The van der Waals surface area contributed by atoms with Crippen molar-refractivity contribution in [2.75, 3.05) is 19.8 Å². The van der Waals surface area contributed by atoms with Crippen LogP contribution in [0.2, 0.25) is 0 Å². The fraction of sp³-hybridized carbons (Fsp3) is 0.625. The summed E-state index contributed by atoms with van der Waals surface area (Å²) in [6.45, 7) is 9.89. The van der Waals surface area contributed by atoms with E-state index in [9.17, 15) is 0 Å². The molecule has 1 saturated heterocycles. The van der Waals surface area contributed by atoms with Crippen LogP contribution in [0.3, 0.4) is 0 Å². The lowest BCUT2D eigenvalue weighted by atomic mass is 9.88. The zero-order valence-corrected chi connectivity index (χ0v) is 12.8. The zero-order valence-electron chi connectivity index (χ0n) is 12.8. The maximum Gasteiger partial charge on any atom is 0.185 e. The predicted octanol–water partition coefficient (Wildman–Crippen LogP) is 2.12. The van der Waals surface area contributed by atoms with Gasteiger partial charge in [-0.3, -0.25) is 9.98 Å². The van der Waals surface area contributed by atoms with Crippen LogP contribution >= 0.6 is 0 Å². The second-order valence-electron chi connectivity index (χ2n) is 6.59. The first-order chi connectivity index (χ1) is 10.1. The lowest BCUT2D eigenvalue weighted by Gasteiger charge is -2.37. The van der Waals surface area contributed by atoms with Crippen LogP contribution in [0.5, 0.6) is 0 Å². The van der Waals surface area contributed by atoms with Crippen LogP contribution in [0, 0.1) is 5.92 Å². The largest absolute Gasteiger partial charge is 0.346 e. The van der Waals surface area contributed by atoms with E-state index in [4.69, 9.17) is 14.5 Å². The van der Waals surface area contributed by atoms with Crippen molar-refractivity contribution in [3.8, 4) is 0 Å². The van der Waals surface area contributed by atoms with E-state index in [1.807, 2.05) is 6.20 Å². The van der Waals surface area contributed by atoms with Crippen molar-refractivity contribution < 1.29 is 9.47 Å². The second kappa shape index (κ2) is 4.52. The molecule has 1 aromatic heterocycles. The fourth-order valence-electron chi connectivity index (χ4n) is 3.30. The normalized spacial score (nSPS) is 28.2. The van der Waals surface area contributed by atoms with Gasteiger partial charge in [0, 0.05) is 23.9 Å². The van der Waals surface area contributed by atoms with Gasteiger partial charge >= 0.3 is 0 Å². The van der Waals surface area contributed by atoms with Crippen molar-refractivity contribution in [2.45, 2.75) is 39.1 Å². The Morgan fingerprint density at radius 1 is 1.33 bits per heavy atom. The molecular formula is C16H21N3O2. The topological polar surface area (TPSA) is 47.0 Å². The predicted molar refractivity (Wildman–Crippen MR) is 79.1 cm³/mol. The average molecular weight is 287 g/mol. The van der Waals surface area contributed by atoms with Gasteiger partial charge in [-0.25, -0.2) is 0 Å². The third kappa shape index (κ3) is 1.84. The molecule has 21 heavy (non-hydrogen) atoms. The van der Waals surface area contributed by atoms with E-state index >= 15 is 0 Å². The van der Waals surface area contributed by atoms with Gasteiger partial charge in [-0.2, -0.15) is 0 Å². The zero-order chi connectivity index (χ0) is 14.6. The van der Waals surface area contributed by atoms with Crippen LogP contribution in [0.4, 0.5) is 0 Å². The molecule has 0 spiro atoms. The van der Waals surface area contributed by atoms with Gasteiger partial charge in [0.05, 0.1) is 25.3 Å². The Hall–Kier alpha value is -1.46. The third-order valence-corrected chi connectivity index (χ3v) is 5.09. The maximum atomic E-state index is 5.57. The monoisotopic (exact) mass is 287 g/mol. The summed E-state index contributed by atoms with van der Waals surface area (Å²) in [7, 11) is 0. The highest BCUT2D eigenvalue weighted by atomic mass is 16.7. The van der Waals surface area contributed by atoms with Crippen LogP contribution < -0.4 is 0 Å². The highest BCUT2D eigenvalue weighted by molar-refractivity contribution is 6.02. The van der Waals surface area contributed by atoms with Gasteiger partial charge < -0.3 is 14.4 Å². The van der Waals surface area contributed by atoms with Crippen LogP contribution in [0.15, 0.2) is 17.3 Å². The van der Waals surface area contributed by atoms with Gasteiger partial charge in [0.2, 0.25) is 0 Å². The lowest BCUT2D eigenvalue weighted by molar-refractivity contribution is -0.0444. The molecule has 1 fully saturated rings. The van der Waals surface area contributed by atoms with Crippen molar-refractivity contribution in [2.24, 2.45) is 10.9 Å². The Balaban J connectivity index is 1.67. The number of ether oxygens (including phenoxy) is 2. The number of rotatable bonds is 2. The van der Waals surface area contributed by atoms with Crippen molar-refractivity contribution >= 4 is 5.84 Å². The molecule has 3 aliphatic rings. The molecule has 0 amide bonds. The Bertz CT molecular complexity index is 608. The Morgan fingerprint density at radius 3 is 2.81 bits per heavy atom. The van der Waals surface area contributed by atoms with Crippen LogP contribution in [0.1, 0.15) is 43.9 Å². The minimum atomic E-state index is -0.253. The van der Waals surface area contributed by atoms with Crippen molar-refractivity contribution in [1.29, 1.82) is 0 Å². The summed E-state index contributed by atoms with van der Waals surface area (Å²) in [5, 5.41) is 0. The molecule has 1 atom stereocenters. The number of hydrogen-bond acceptors (Lipinski definition) is 5. The molecular weight excluding hydrogens is 266 g/mol. The molecule has 4 rings (SSSR count). The first kappa shape index (κ1) is 13.2. The van der Waals surface area contributed by atoms with Crippen LogP contribution in [0.25, 0.3) is 0 Å². The first-order valence-corrected chi connectivity index (χ1v) is 7.64. The molecule has 0 bridgehead atoms. The van der Waals surface area contributed by atoms with Gasteiger partial charge in [-0.05, 0) is 18.9 Å².